The van der Waals surface area contributed by atoms with Crippen LogP contribution in [0.2, 0.25) is 0 Å². The first kappa shape index (κ1) is 12.4. The van der Waals surface area contributed by atoms with Gasteiger partial charge in [-0.05, 0) is 19.1 Å². The van der Waals surface area contributed by atoms with Crippen LogP contribution in [0.15, 0.2) is 23.2 Å². The molecule has 0 aliphatic carbocycles. The summed E-state index contributed by atoms with van der Waals surface area (Å²) in [4.78, 5) is 5.16. The van der Waals surface area contributed by atoms with Crippen LogP contribution in [-0.4, -0.2) is 33.7 Å². The Labute approximate surface area is 93.5 Å². The van der Waals surface area contributed by atoms with Gasteiger partial charge in [0.25, 0.3) is 0 Å². The molecule has 2 atom stereocenters. The average molecular weight is 228 g/mol. The van der Waals surface area contributed by atoms with Crippen molar-refractivity contribution in [3.8, 4) is 0 Å². The van der Waals surface area contributed by atoms with Gasteiger partial charge in [0.15, 0.2) is 0 Å². The predicted octanol–water partition coefficient (Wildman–Crippen LogP) is 0.547. The van der Waals surface area contributed by atoms with E-state index in [1.165, 1.54) is 11.8 Å². The van der Waals surface area contributed by atoms with E-state index in [2.05, 4.69) is 4.98 Å². The minimum absolute atomic E-state index is 0.0629. The van der Waals surface area contributed by atoms with Crippen LogP contribution < -0.4 is 5.73 Å². The second-order valence-corrected chi connectivity index (χ2v) is 4.45. The lowest BCUT2D eigenvalue weighted by atomic mass is 10.2. The van der Waals surface area contributed by atoms with E-state index in [4.69, 9.17) is 15.9 Å². The van der Waals surface area contributed by atoms with Crippen LogP contribution in [-0.2, 0) is 0 Å². The first-order valence-corrected chi connectivity index (χ1v) is 5.75. The van der Waals surface area contributed by atoms with Gasteiger partial charge >= 0.3 is 0 Å². The molecule has 0 bridgehead atoms. The number of hydrogen-bond donors (Lipinski definition) is 3. The summed E-state index contributed by atoms with van der Waals surface area (Å²) in [7, 11) is 0. The smallest absolute Gasteiger partial charge is 0.0864 e. The number of aliphatic hydroxyl groups excluding tert-OH is 2. The number of rotatable bonds is 5. The molecule has 5 heteroatoms. The Balaban J connectivity index is 2.50. The molecule has 0 saturated heterocycles. The van der Waals surface area contributed by atoms with Crippen molar-refractivity contribution in [3.05, 3.63) is 24.0 Å². The van der Waals surface area contributed by atoms with Crippen molar-refractivity contribution >= 4 is 11.8 Å². The Morgan fingerprint density at radius 1 is 1.53 bits per heavy atom. The Morgan fingerprint density at radius 3 is 2.73 bits per heavy atom. The number of nitrogens with zero attached hydrogens (tertiary/aromatic N) is 1. The van der Waals surface area contributed by atoms with Gasteiger partial charge < -0.3 is 15.9 Å². The summed E-state index contributed by atoms with van der Waals surface area (Å²) in [6.45, 7) is 1.67. The Morgan fingerprint density at radius 2 is 2.27 bits per heavy atom. The normalized spacial score (nSPS) is 14.9. The van der Waals surface area contributed by atoms with Crippen molar-refractivity contribution < 1.29 is 10.2 Å². The summed E-state index contributed by atoms with van der Waals surface area (Å²) in [5, 5.41) is 17.8. The van der Waals surface area contributed by atoms with Crippen LogP contribution in [0.3, 0.4) is 0 Å². The highest BCUT2D eigenvalue weighted by atomic mass is 32.2. The van der Waals surface area contributed by atoms with Gasteiger partial charge in [0.2, 0.25) is 0 Å². The standard InChI is InChI=1S/C10H16N2O2S/c1-7(11)10-3-2-9(4-12-10)15-6-8(14)5-13/h2-4,7-8,13-14H,5-6,11H2,1H3/t7-,8?/m1/s1. The van der Waals surface area contributed by atoms with Gasteiger partial charge in [-0.15, -0.1) is 11.8 Å². The highest BCUT2D eigenvalue weighted by molar-refractivity contribution is 7.99. The van der Waals surface area contributed by atoms with Crippen molar-refractivity contribution in [2.75, 3.05) is 12.4 Å². The zero-order chi connectivity index (χ0) is 11.3. The molecule has 1 aromatic rings. The molecular formula is C10H16N2O2S. The van der Waals surface area contributed by atoms with E-state index >= 15 is 0 Å². The molecule has 84 valence electrons. The van der Waals surface area contributed by atoms with Crippen LogP contribution in [0, 0.1) is 0 Å². The topological polar surface area (TPSA) is 79.4 Å². The molecule has 1 unspecified atom stereocenters. The maximum atomic E-state index is 9.15. The van der Waals surface area contributed by atoms with Gasteiger partial charge in [0.05, 0.1) is 18.4 Å². The Bertz CT molecular complexity index is 290. The summed E-state index contributed by atoms with van der Waals surface area (Å²) in [6, 6.07) is 3.73. The SMILES string of the molecule is C[C@@H](N)c1ccc(SCC(O)CO)cn1. The van der Waals surface area contributed by atoms with E-state index < -0.39 is 6.10 Å². The van der Waals surface area contributed by atoms with E-state index in [0.717, 1.165) is 10.6 Å². The maximum Gasteiger partial charge on any atom is 0.0864 e. The molecule has 0 radical (unpaired) electrons. The largest absolute Gasteiger partial charge is 0.394 e. The summed E-state index contributed by atoms with van der Waals surface area (Å²) in [6.07, 6.45) is 1.05. The molecule has 4 nitrogen and oxygen atoms in total. The monoisotopic (exact) mass is 228 g/mol. The Hall–Kier alpha value is -0.620. The van der Waals surface area contributed by atoms with Gasteiger partial charge in [0, 0.05) is 22.9 Å². The lowest BCUT2D eigenvalue weighted by Crippen LogP contribution is -2.14. The molecule has 0 spiro atoms. The Kier molecular flexibility index (Phi) is 5.04. The molecule has 15 heavy (non-hydrogen) atoms. The molecule has 0 fully saturated rings. The van der Waals surface area contributed by atoms with E-state index in [9.17, 15) is 0 Å². The number of aromatic nitrogens is 1. The van der Waals surface area contributed by atoms with Crippen LogP contribution in [0.25, 0.3) is 0 Å². The van der Waals surface area contributed by atoms with Crippen molar-refractivity contribution in [2.45, 2.75) is 24.0 Å². The third-order valence-corrected chi connectivity index (χ3v) is 3.01. The third-order valence-electron chi connectivity index (χ3n) is 1.88. The lowest BCUT2D eigenvalue weighted by Gasteiger charge is -2.07. The minimum atomic E-state index is -0.678. The third kappa shape index (κ3) is 4.17. The van der Waals surface area contributed by atoms with Crippen LogP contribution >= 0.6 is 11.8 Å². The fourth-order valence-corrected chi connectivity index (χ4v) is 1.77. The molecule has 0 aliphatic rings. The van der Waals surface area contributed by atoms with Gasteiger partial charge in [-0.25, -0.2) is 0 Å². The fourth-order valence-electron chi connectivity index (χ4n) is 0.992. The fraction of sp³-hybridized carbons (Fsp3) is 0.500. The van der Waals surface area contributed by atoms with Crippen LogP contribution in [0.1, 0.15) is 18.7 Å². The van der Waals surface area contributed by atoms with Crippen LogP contribution in [0.4, 0.5) is 0 Å². The second kappa shape index (κ2) is 6.07. The highest BCUT2D eigenvalue weighted by Crippen LogP contribution is 2.18. The average Bonchev–Trinajstić information content (AvgIpc) is 2.26. The summed E-state index contributed by atoms with van der Waals surface area (Å²) in [5.74, 6) is 0.468. The highest BCUT2D eigenvalue weighted by Gasteiger charge is 2.04. The quantitative estimate of drug-likeness (QED) is 0.641. The molecule has 0 aromatic carbocycles. The molecule has 1 heterocycles. The second-order valence-electron chi connectivity index (χ2n) is 3.35. The van der Waals surface area contributed by atoms with E-state index in [1.54, 1.807) is 6.20 Å². The van der Waals surface area contributed by atoms with E-state index in [-0.39, 0.29) is 12.6 Å². The lowest BCUT2D eigenvalue weighted by molar-refractivity contribution is 0.113. The molecule has 1 rings (SSSR count). The molecule has 4 N–H and O–H groups in total. The molecule has 0 amide bonds. The molecule has 1 aromatic heterocycles. The van der Waals surface area contributed by atoms with Gasteiger partial charge in [-0.3, -0.25) is 4.98 Å². The molecular weight excluding hydrogens is 212 g/mol. The van der Waals surface area contributed by atoms with Crippen LogP contribution in [0.5, 0.6) is 0 Å². The zero-order valence-corrected chi connectivity index (χ0v) is 9.44. The number of thioether (sulfide) groups is 1. The maximum absolute atomic E-state index is 9.15. The predicted molar refractivity (Wildman–Crippen MR) is 60.7 cm³/mol. The first-order valence-electron chi connectivity index (χ1n) is 4.76. The van der Waals surface area contributed by atoms with Crippen molar-refractivity contribution in [1.82, 2.24) is 4.98 Å². The van der Waals surface area contributed by atoms with Gasteiger partial charge in [0.1, 0.15) is 0 Å². The molecule has 0 aliphatic heterocycles. The van der Waals surface area contributed by atoms with Crippen molar-refractivity contribution in [3.63, 3.8) is 0 Å². The summed E-state index contributed by atoms with van der Waals surface area (Å²) < 4.78 is 0. The molecule has 0 saturated carbocycles. The van der Waals surface area contributed by atoms with Crippen molar-refractivity contribution in [2.24, 2.45) is 5.73 Å². The number of hydrogen-bond acceptors (Lipinski definition) is 5. The summed E-state index contributed by atoms with van der Waals surface area (Å²) in [5.41, 5.74) is 6.51. The summed E-state index contributed by atoms with van der Waals surface area (Å²) >= 11 is 1.46. The van der Waals surface area contributed by atoms with Gasteiger partial charge in [-0.1, -0.05) is 0 Å². The van der Waals surface area contributed by atoms with E-state index in [1.807, 2.05) is 19.1 Å². The zero-order valence-electron chi connectivity index (χ0n) is 8.63. The number of nitrogens with two attached hydrogens (primary N) is 1. The number of aliphatic hydroxyl groups is 2. The van der Waals surface area contributed by atoms with Crippen molar-refractivity contribution in [1.29, 1.82) is 0 Å². The van der Waals surface area contributed by atoms with Gasteiger partial charge in [-0.2, -0.15) is 0 Å². The first-order chi connectivity index (χ1) is 7.13. The minimum Gasteiger partial charge on any atom is -0.394 e. The number of pyridine rings is 1. The van der Waals surface area contributed by atoms with E-state index in [0.29, 0.717) is 5.75 Å².